The van der Waals surface area contributed by atoms with Gasteiger partial charge in [-0.25, -0.2) is 14.4 Å². The highest BCUT2D eigenvalue weighted by Gasteiger charge is 2.17. The Kier molecular flexibility index (Phi) is 4.34. The number of benzene rings is 1. The van der Waals surface area contributed by atoms with Crippen molar-refractivity contribution in [2.75, 3.05) is 26.1 Å². The molecular weight excluding hydrogens is 261 g/mol. The molecule has 1 aromatic carbocycles. The van der Waals surface area contributed by atoms with Gasteiger partial charge in [-0.1, -0.05) is 6.07 Å². The Hall–Kier alpha value is -2.37. The molecule has 0 saturated heterocycles. The molecule has 106 valence electrons. The summed E-state index contributed by atoms with van der Waals surface area (Å²) in [5.74, 6) is 0.815. The molecule has 5 nitrogen and oxygen atoms in total. The van der Waals surface area contributed by atoms with E-state index in [2.05, 4.69) is 15.3 Å². The van der Waals surface area contributed by atoms with Gasteiger partial charge in [0.05, 0.1) is 20.4 Å². The van der Waals surface area contributed by atoms with Crippen molar-refractivity contribution in [3.8, 4) is 22.8 Å². The van der Waals surface area contributed by atoms with Crippen LogP contribution in [0.2, 0.25) is 0 Å². The van der Waals surface area contributed by atoms with E-state index in [4.69, 9.17) is 9.47 Å². The Morgan fingerprint density at radius 3 is 2.70 bits per heavy atom. The minimum atomic E-state index is -0.516. The number of halogens is 1. The summed E-state index contributed by atoms with van der Waals surface area (Å²) in [7, 11) is 3.04. The second kappa shape index (κ2) is 6.18. The third-order valence-corrected chi connectivity index (χ3v) is 2.74. The average Bonchev–Trinajstić information content (AvgIpc) is 2.48. The number of methoxy groups -OCH3 is 2. The molecule has 0 aliphatic rings. The van der Waals surface area contributed by atoms with E-state index in [0.717, 1.165) is 6.20 Å². The van der Waals surface area contributed by atoms with Crippen molar-refractivity contribution in [1.82, 2.24) is 9.97 Å². The van der Waals surface area contributed by atoms with Crippen LogP contribution in [-0.4, -0.2) is 30.7 Å². The molecular formula is C14H16FN3O2. The van der Waals surface area contributed by atoms with Crippen LogP contribution in [-0.2, 0) is 0 Å². The van der Waals surface area contributed by atoms with Crippen LogP contribution in [0, 0.1) is 5.82 Å². The molecule has 1 N–H and O–H groups in total. The summed E-state index contributed by atoms with van der Waals surface area (Å²) in [6.07, 6.45) is 1.14. The van der Waals surface area contributed by atoms with E-state index in [0.29, 0.717) is 29.6 Å². The first-order chi connectivity index (χ1) is 9.71. The van der Waals surface area contributed by atoms with E-state index in [1.165, 1.54) is 14.2 Å². The molecule has 0 bridgehead atoms. The highest BCUT2D eigenvalue weighted by molar-refractivity contribution is 5.72. The fraction of sp³-hybridized carbons (Fsp3) is 0.286. The zero-order chi connectivity index (χ0) is 14.5. The Labute approximate surface area is 116 Å². The van der Waals surface area contributed by atoms with Gasteiger partial charge in [0.1, 0.15) is 5.69 Å². The van der Waals surface area contributed by atoms with Gasteiger partial charge in [-0.2, -0.15) is 0 Å². The summed E-state index contributed by atoms with van der Waals surface area (Å²) < 4.78 is 24.5. The van der Waals surface area contributed by atoms with Crippen LogP contribution in [0.4, 0.5) is 10.3 Å². The standard InChI is InChI=1S/C14H16FN3O2/c1-4-16-14-17-8-10(15)12(18-14)9-6-5-7-11(19-2)13(9)20-3/h5-8H,4H2,1-3H3,(H,16,17,18). The second-order valence-electron chi connectivity index (χ2n) is 3.96. The lowest BCUT2D eigenvalue weighted by Crippen LogP contribution is -2.04. The van der Waals surface area contributed by atoms with E-state index in [9.17, 15) is 4.39 Å². The predicted octanol–water partition coefficient (Wildman–Crippen LogP) is 2.73. The van der Waals surface area contributed by atoms with Gasteiger partial charge in [0.2, 0.25) is 5.95 Å². The van der Waals surface area contributed by atoms with Gasteiger partial charge >= 0.3 is 0 Å². The van der Waals surface area contributed by atoms with Crippen LogP contribution in [0.5, 0.6) is 11.5 Å². The topological polar surface area (TPSA) is 56.3 Å². The molecule has 1 heterocycles. The van der Waals surface area contributed by atoms with Gasteiger partial charge < -0.3 is 14.8 Å². The first-order valence-electron chi connectivity index (χ1n) is 6.19. The SMILES string of the molecule is CCNc1ncc(F)c(-c2cccc(OC)c2OC)n1. The van der Waals surface area contributed by atoms with Crippen molar-refractivity contribution in [3.63, 3.8) is 0 Å². The molecule has 0 fully saturated rings. The summed E-state index contributed by atoms with van der Waals surface area (Å²) in [5.41, 5.74) is 0.692. The van der Waals surface area contributed by atoms with Gasteiger partial charge in [0.15, 0.2) is 17.3 Å². The number of anilines is 1. The first-order valence-corrected chi connectivity index (χ1v) is 6.19. The van der Waals surface area contributed by atoms with Gasteiger partial charge in [0.25, 0.3) is 0 Å². The van der Waals surface area contributed by atoms with E-state index in [-0.39, 0.29) is 5.69 Å². The fourth-order valence-electron chi connectivity index (χ4n) is 1.87. The van der Waals surface area contributed by atoms with Gasteiger partial charge in [0, 0.05) is 12.1 Å². The van der Waals surface area contributed by atoms with Crippen LogP contribution in [0.25, 0.3) is 11.3 Å². The molecule has 6 heteroatoms. The average molecular weight is 277 g/mol. The van der Waals surface area contributed by atoms with Crippen LogP contribution in [0.3, 0.4) is 0 Å². The summed E-state index contributed by atoms with van der Waals surface area (Å²) in [4.78, 5) is 8.07. The molecule has 0 amide bonds. The molecule has 0 aliphatic heterocycles. The number of nitrogens with one attached hydrogen (secondary N) is 1. The van der Waals surface area contributed by atoms with Crippen LogP contribution in [0.15, 0.2) is 24.4 Å². The summed E-state index contributed by atoms with van der Waals surface area (Å²) in [6.45, 7) is 2.57. The van der Waals surface area contributed by atoms with Gasteiger partial charge in [-0.05, 0) is 19.1 Å². The second-order valence-corrected chi connectivity index (χ2v) is 3.96. The van der Waals surface area contributed by atoms with E-state index >= 15 is 0 Å². The molecule has 0 atom stereocenters. The third kappa shape index (κ3) is 2.64. The summed E-state index contributed by atoms with van der Waals surface area (Å²) in [5, 5.41) is 2.95. The van der Waals surface area contributed by atoms with Crippen molar-refractivity contribution in [2.24, 2.45) is 0 Å². The number of hydrogen-bond donors (Lipinski definition) is 1. The number of aromatic nitrogens is 2. The largest absolute Gasteiger partial charge is 0.493 e. The first kappa shape index (κ1) is 14.0. The Bertz CT molecular complexity index is 605. The highest BCUT2D eigenvalue weighted by Crippen LogP contribution is 2.37. The minimum absolute atomic E-state index is 0.173. The zero-order valence-electron chi connectivity index (χ0n) is 11.6. The quantitative estimate of drug-likeness (QED) is 0.910. The molecule has 2 rings (SSSR count). The van der Waals surface area contributed by atoms with E-state index in [1.54, 1.807) is 18.2 Å². The van der Waals surface area contributed by atoms with Crippen molar-refractivity contribution in [2.45, 2.75) is 6.92 Å². The van der Waals surface area contributed by atoms with Gasteiger partial charge in [-0.15, -0.1) is 0 Å². The molecule has 0 aliphatic carbocycles. The normalized spacial score (nSPS) is 10.2. The maximum Gasteiger partial charge on any atom is 0.223 e. The van der Waals surface area contributed by atoms with E-state index < -0.39 is 5.82 Å². The molecule has 0 saturated carbocycles. The van der Waals surface area contributed by atoms with Crippen molar-refractivity contribution in [1.29, 1.82) is 0 Å². The molecule has 0 spiro atoms. The maximum absolute atomic E-state index is 14.0. The smallest absolute Gasteiger partial charge is 0.223 e. The third-order valence-electron chi connectivity index (χ3n) is 2.74. The number of nitrogens with zero attached hydrogens (tertiary/aromatic N) is 2. The Morgan fingerprint density at radius 2 is 2.05 bits per heavy atom. The predicted molar refractivity (Wildman–Crippen MR) is 74.7 cm³/mol. The van der Waals surface area contributed by atoms with Crippen molar-refractivity contribution >= 4 is 5.95 Å². The maximum atomic E-state index is 14.0. The number of rotatable bonds is 5. The van der Waals surface area contributed by atoms with Crippen LogP contribution < -0.4 is 14.8 Å². The van der Waals surface area contributed by atoms with Crippen molar-refractivity contribution in [3.05, 3.63) is 30.2 Å². The lowest BCUT2D eigenvalue weighted by atomic mass is 10.1. The van der Waals surface area contributed by atoms with Crippen LogP contribution >= 0.6 is 0 Å². The van der Waals surface area contributed by atoms with Crippen LogP contribution in [0.1, 0.15) is 6.92 Å². The highest BCUT2D eigenvalue weighted by atomic mass is 19.1. The fourth-order valence-corrected chi connectivity index (χ4v) is 1.87. The molecule has 1 aromatic heterocycles. The summed E-state index contributed by atoms with van der Waals surface area (Å²) >= 11 is 0. The molecule has 0 unspecified atom stereocenters. The van der Waals surface area contributed by atoms with E-state index in [1.807, 2.05) is 6.92 Å². The summed E-state index contributed by atoms with van der Waals surface area (Å²) in [6, 6.07) is 5.22. The van der Waals surface area contributed by atoms with Gasteiger partial charge in [-0.3, -0.25) is 0 Å². The Morgan fingerprint density at radius 1 is 1.25 bits per heavy atom. The molecule has 0 radical (unpaired) electrons. The number of para-hydroxylation sites is 1. The molecule has 2 aromatic rings. The lowest BCUT2D eigenvalue weighted by molar-refractivity contribution is 0.356. The zero-order valence-corrected chi connectivity index (χ0v) is 11.6. The molecule has 20 heavy (non-hydrogen) atoms. The minimum Gasteiger partial charge on any atom is -0.493 e. The number of ether oxygens (including phenoxy) is 2. The monoisotopic (exact) mass is 277 g/mol. The lowest BCUT2D eigenvalue weighted by Gasteiger charge is -2.13. The van der Waals surface area contributed by atoms with Crippen molar-refractivity contribution < 1.29 is 13.9 Å². The number of hydrogen-bond acceptors (Lipinski definition) is 5. The Balaban J connectivity index is 2.58.